The first-order chi connectivity index (χ1) is 20.8. The van der Waals surface area contributed by atoms with E-state index in [1.807, 2.05) is 0 Å². The molecule has 250 valence electrons. The maximum Gasteiger partial charge on any atom is 0.335 e. The van der Waals surface area contributed by atoms with Gasteiger partial charge in [0.25, 0.3) is 0 Å². The van der Waals surface area contributed by atoms with Crippen LogP contribution in [0.4, 0.5) is 0 Å². The predicted molar refractivity (Wildman–Crippen MR) is 145 cm³/mol. The van der Waals surface area contributed by atoms with E-state index in [2.05, 4.69) is 6.92 Å². The summed E-state index contributed by atoms with van der Waals surface area (Å²) in [6.07, 6.45) is -8.81. The molecule has 4 saturated carbocycles. The Morgan fingerprint density at radius 3 is 1.80 bits per heavy atom. The number of carbonyl (C=O) groups is 2. The van der Waals surface area contributed by atoms with E-state index in [4.69, 9.17) is 18.9 Å². The Kier molecular flexibility index (Phi) is 9.07. The average Bonchev–Trinajstić information content (AvgIpc) is 3.32. The van der Waals surface area contributed by atoms with Crippen molar-refractivity contribution in [2.45, 2.75) is 138 Å². The van der Waals surface area contributed by atoms with Gasteiger partial charge in [-0.2, -0.15) is 0 Å². The van der Waals surface area contributed by atoms with Crippen molar-refractivity contribution >= 4 is 11.9 Å². The van der Waals surface area contributed by atoms with Crippen LogP contribution in [0.5, 0.6) is 0 Å². The highest BCUT2D eigenvalue weighted by Gasteiger charge is 2.59. The van der Waals surface area contributed by atoms with Crippen LogP contribution in [0.2, 0.25) is 0 Å². The summed E-state index contributed by atoms with van der Waals surface area (Å²) in [6.45, 7) is 2.20. The van der Waals surface area contributed by atoms with Gasteiger partial charge in [-0.15, -0.1) is 0 Å². The molecule has 0 aromatic heterocycles. The van der Waals surface area contributed by atoms with Crippen LogP contribution in [0.3, 0.4) is 0 Å². The second-order valence-electron chi connectivity index (χ2n) is 14.2. The van der Waals surface area contributed by atoms with Crippen molar-refractivity contribution in [3.05, 3.63) is 0 Å². The fraction of sp³-hybridized carbons (Fsp3) is 0.933. The molecular weight excluding hydrogens is 584 g/mol. The molecule has 2 aliphatic heterocycles. The maximum absolute atomic E-state index is 11.6. The topological polar surface area (TPSA) is 233 Å². The smallest absolute Gasteiger partial charge is 0.335 e. The summed E-state index contributed by atoms with van der Waals surface area (Å²) in [5.41, 5.74) is -0.211. The largest absolute Gasteiger partial charge is 0.479 e. The summed E-state index contributed by atoms with van der Waals surface area (Å²) in [6, 6.07) is 0. The Balaban J connectivity index is 1.07. The highest BCUT2D eigenvalue weighted by atomic mass is 16.7. The molecule has 4 aliphatic carbocycles. The van der Waals surface area contributed by atoms with Crippen molar-refractivity contribution in [2.75, 3.05) is 0 Å². The molecule has 0 spiro atoms. The van der Waals surface area contributed by atoms with Crippen molar-refractivity contribution in [1.29, 1.82) is 0 Å². The summed E-state index contributed by atoms with van der Waals surface area (Å²) < 4.78 is 23.0. The molecule has 8 N–H and O–H groups in total. The predicted octanol–water partition coefficient (Wildman–Crippen LogP) is -0.806. The minimum absolute atomic E-state index is 0.211. The molecular formula is C30H46O14. The van der Waals surface area contributed by atoms with Crippen LogP contribution in [-0.2, 0) is 28.5 Å². The Hall–Kier alpha value is -1.46. The molecule has 0 unspecified atom stereocenters. The minimum Gasteiger partial charge on any atom is -0.479 e. The van der Waals surface area contributed by atoms with Crippen LogP contribution in [0.15, 0.2) is 0 Å². The van der Waals surface area contributed by atoms with E-state index in [9.17, 15) is 50.4 Å². The van der Waals surface area contributed by atoms with Gasteiger partial charge in [-0.25, -0.2) is 9.59 Å². The fourth-order valence-electron chi connectivity index (χ4n) is 9.79. The van der Waals surface area contributed by atoms with Crippen LogP contribution >= 0.6 is 0 Å². The molecule has 6 aliphatic rings. The number of aliphatic hydroxyl groups excluding tert-OH is 6. The summed E-state index contributed by atoms with van der Waals surface area (Å²) in [5, 5.41) is 80.1. The van der Waals surface area contributed by atoms with Crippen LogP contribution in [-0.4, -0.2) is 126 Å². The van der Waals surface area contributed by atoms with Crippen LogP contribution < -0.4 is 0 Å². The van der Waals surface area contributed by atoms with E-state index in [-0.39, 0.29) is 17.6 Å². The van der Waals surface area contributed by atoms with Gasteiger partial charge < -0.3 is 59.8 Å². The zero-order chi connectivity index (χ0) is 31.7. The molecule has 0 amide bonds. The SMILES string of the molecule is C[C@]12CC[C@H]3[C@@H](CC[C@H]4C[C@@H](O[C@@H]5O[C@H](C(=O)O)[C@@H](O)[C@H](O)[C@H]5O)CC[C@@H]43)[C@@H]1CC[C@H]2O[C@@H]1O[C@H](C(=O)O)[C@@H](O)[C@H](O)[C@H]1O. The zero-order valence-corrected chi connectivity index (χ0v) is 24.7. The summed E-state index contributed by atoms with van der Waals surface area (Å²) in [7, 11) is 0. The van der Waals surface area contributed by atoms with Crippen molar-refractivity contribution in [3.8, 4) is 0 Å². The molecule has 0 bridgehead atoms. The second kappa shape index (κ2) is 12.3. The molecule has 6 fully saturated rings. The van der Waals surface area contributed by atoms with Crippen molar-refractivity contribution in [2.24, 2.45) is 35.0 Å². The number of aliphatic hydroxyl groups is 6. The summed E-state index contributed by atoms with van der Waals surface area (Å²) in [4.78, 5) is 23.0. The molecule has 14 nitrogen and oxygen atoms in total. The highest BCUT2D eigenvalue weighted by Crippen LogP contribution is 2.63. The minimum atomic E-state index is -1.76. The van der Waals surface area contributed by atoms with E-state index in [0.29, 0.717) is 36.0 Å². The molecule has 44 heavy (non-hydrogen) atoms. The van der Waals surface area contributed by atoms with Gasteiger partial charge in [0.15, 0.2) is 24.8 Å². The Bertz CT molecular complexity index is 1070. The van der Waals surface area contributed by atoms with Gasteiger partial charge in [0.05, 0.1) is 12.2 Å². The fourth-order valence-corrected chi connectivity index (χ4v) is 9.79. The lowest BCUT2D eigenvalue weighted by atomic mass is 9.50. The lowest BCUT2D eigenvalue weighted by molar-refractivity contribution is -0.313. The number of hydrogen-bond acceptors (Lipinski definition) is 12. The molecule has 6 rings (SSSR count). The number of aliphatic carboxylic acids is 2. The van der Waals surface area contributed by atoms with Gasteiger partial charge in [-0.1, -0.05) is 6.92 Å². The van der Waals surface area contributed by atoms with E-state index >= 15 is 0 Å². The Morgan fingerprint density at radius 1 is 0.636 bits per heavy atom. The molecule has 14 heteroatoms. The van der Waals surface area contributed by atoms with Gasteiger partial charge in [0, 0.05) is 0 Å². The van der Waals surface area contributed by atoms with Gasteiger partial charge in [0.1, 0.15) is 36.6 Å². The number of carboxylic acid groups (broad SMARTS) is 2. The van der Waals surface area contributed by atoms with E-state index in [0.717, 1.165) is 51.4 Å². The van der Waals surface area contributed by atoms with E-state index in [1.54, 1.807) is 0 Å². The molecule has 2 saturated heterocycles. The second-order valence-corrected chi connectivity index (χ2v) is 14.2. The number of ether oxygens (including phenoxy) is 4. The standard InChI is InChI=1S/C30H46O14/c1-30-9-8-14-13-5-3-12(41-28-22(35)18(31)20(33)24(43-28)26(37)38)10-11(13)2-4-15(14)16(30)6-7-17(30)42-29-23(36)19(32)21(34)25(44-29)27(39)40/h11-25,28-29,31-36H,2-10H2,1H3,(H,37,38)(H,39,40)/t11-,12-,13-,14+,15+,16-,17+,18-,19-,20-,21-,22+,23+,24-,25-,28+,29+,30-/m0/s1. The quantitative estimate of drug-likeness (QED) is 0.168. The summed E-state index contributed by atoms with van der Waals surface area (Å²) >= 11 is 0. The Morgan fingerprint density at radius 2 is 1.20 bits per heavy atom. The first-order valence-corrected chi connectivity index (χ1v) is 16.0. The number of rotatable bonds is 6. The number of carboxylic acids is 2. The lowest BCUT2D eigenvalue weighted by Gasteiger charge is -2.56. The molecule has 2 heterocycles. The van der Waals surface area contributed by atoms with Crippen LogP contribution in [0.1, 0.15) is 64.7 Å². The van der Waals surface area contributed by atoms with Crippen molar-refractivity contribution in [1.82, 2.24) is 0 Å². The number of fused-ring (bicyclic) bond motifs is 5. The maximum atomic E-state index is 11.6. The molecule has 0 aromatic carbocycles. The monoisotopic (exact) mass is 630 g/mol. The van der Waals surface area contributed by atoms with Crippen LogP contribution in [0, 0.1) is 35.0 Å². The third-order valence-electron chi connectivity index (χ3n) is 12.1. The third kappa shape index (κ3) is 5.48. The van der Waals surface area contributed by atoms with Crippen molar-refractivity contribution < 1.29 is 69.4 Å². The zero-order valence-electron chi connectivity index (χ0n) is 24.7. The van der Waals surface area contributed by atoms with Gasteiger partial charge in [-0.3, -0.25) is 0 Å². The first kappa shape index (κ1) is 32.5. The molecule has 18 atom stereocenters. The highest BCUT2D eigenvalue weighted by molar-refractivity contribution is 5.73. The van der Waals surface area contributed by atoms with Crippen molar-refractivity contribution in [3.63, 3.8) is 0 Å². The first-order valence-electron chi connectivity index (χ1n) is 16.0. The van der Waals surface area contributed by atoms with Gasteiger partial charge in [0.2, 0.25) is 0 Å². The third-order valence-corrected chi connectivity index (χ3v) is 12.1. The lowest BCUT2D eigenvalue weighted by Crippen LogP contribution is -2.61. The van der Waals surface area contributed by atoms with Gasteiger partial charge in [-0.05, 0) is 92.8 Å². The molecule has 0 radical (unpaired) electrons. The van der Waals surface area contributed by atoms with Gasteiger partial charge >= 0.3 is 11.9 Å². The Labute approximate surface area is 254 Å². The van der Waals surface area contributed by atoms with E-state index in [1.165, 1.54) is 0 Å². The normalized spacial score (nSPS) is 54.1. The average molecular weight is 631 g/mol. The van der Waals surface area contributed by atoms with Crippen LogP contribution in [0.25, 0.3) is 0 Å². The number of hydrogen-bond donors (Lipinski definition) is 8. The molecule has 0 aromatic rings. The summed E-state index contributed by atoms with van der Waals surface area (Å²) in [5.74, 6) is -0.620. The van der Waals surface area contributed by atoms with E-state index < -0.39 is 73.4 Å².